The molecule has 0 unspecified atom stereocenters. The molecule has 2 aromatic heterocycles. The largest absolute Gasteiger partial charge is 0.337 e. The smallest absolute Gasteiger partial charge is 0.158 e. The zero-order chi connectivity index (χ0) is 12.5. The average Bonchev–Trinajstić information content (AvgIpc) is 2.94. The summed E-state index contributed by atoms with van der Waals surface area (Å²) in [4.78, 5) is 12.2. The highest BCUT2D eigenvalue weighted by atomic mass is 35.5. The van der Waals surface area contributed by atoms with Crippen LogP contribution in [0.5, 0.6) is 0 Å². The lowest BCUT2D eigenvalue weighted by atomic mass is 10.3. The lowest BCUT2D eigenvalue weighted by molar-refractivity contribution is 0.953. The number of thiazole rings is 1. The molecule has 0 saturated heterocycles. The summed E-state index contributed by atoms with van der Waals surface area (Å²) in [5.41, 5.74) is 8.19. The number of aromatic amines is 1. The molecule has 0 bridgehead atoms. The molecule has 0 aliphatic carbocycles. The van der Waals surface area contributed by atoms with Crippen LogP contribution in [0.3, 0.4) is 0 Å². The van der Waals surface area contributed by atoms with E-state index in [-0.39, 0.29) is 0 Å². The first-order valence-corrected chi connectivity index (χ1v) is 6.82. The molecule has 6 heteroatoms. The summed E-state index contributed by atoms with van der Waals surface area (Å²) >= 11 is 7.55. The van der Waals surface area contributed by atoms with Crippen molar-refractivity contribution in [3.63, 3.8) is 0 Å². The Kier molecular flexibility index (Phi) is 3.03. The topological polar surface area (TPSA) is 67.6 Å². The Morgan fingerprint density at radius 2 is 2.22 bits per heavy atom. The van der Waals surface area contributed by atoms with E-state index >= 15 is 0 Å². The fourth-order valence-corrected chi connectivity index (χ4v) is 2.73. The van der Waals surface area contributed by atoms with E-state index in [1.807, 2.05) is 23.6 Å². The Balaban J connectivity index is 2.02. The van der Waals surface area contributed by atoms with Gasteiger partial charge in [-0.05, 0) is 24.7 Å². The third-order valence-corrected chi connectivity index (χ3v) is 3.74. The highest BCUT2D eigenvalue weighted by Crippen LogP contribution is 2.24. The Labute approximate surface area is 113 Å². The van der Waals surface area contributed by atoms with Gasteiger partial charge in [0.2, 0.25) is 0 Å². The van der Waals surface area contributed by atoms with Gasteiger partial charge >= 0.3 is 0 Å². The number of benzene rings is 1. The SMILES string of the molecule is NCCc1nc(-c2nc3ccc(Cl)cc3[nH]2)cs1. The molecular weight excluding hydrogens is 268 g/mol. The molecule has 3 aromatic rings. The van der Waals surface area contributed by atoms with Gasteiger partial charge in [0.05, 0.1) is 16.0 Å². The molecule has 1 aromatic carbocycles. The van der Waals surface area contributed by atoms with Gasteiger partial charge in [-0.3, -0.25) is 0 Å². The molecule has 18 heavy (non-hydrogen) atoms. The first-order valence-electron chi connectivity index (χ1n) is 5.56. The zero-order valence-electron chi connectivity index (χ0n) is 9.48. The van der Waals surface area contributed by atoms with E-state index in [4.69, 9.17) is 17.3 Å². The second-order valence-electron chi connectivity index (χ2n) is 3.91. The van der Waals surface area contributed by atoms with Crippen molar-refractivity contribution in [2.45, 2.75) is 6.42 Å². The Morgan fingerprint density at radius 1 is 1.33 bits per heavy atom. The molecule has 0 atom stereocenters. The fraction of sp³-hybridized carbons (Fsp3) is 0.167. The third kappa shape index (κ3) is 2.12. The van der Waals surface area contributed by atoms with Crippen molar-refractivity contribution in [3.8, 4) is 11.5 Å². The number of fused-ring (bicyclic) bond motifs is 1. The second-order valence-corrected chi connectivity index (χ2v) is 5.29. The normalized spacial score (nSPS) is 11.2. The van der Waals surface area contributed by atoms with E-state index in [1.165, 1.54) is 0 Å². The van der Waals surface area contributed by atoms with Gasteiger partial charge in [-0.2, -0.15) is 0 Å². The third-order valence-electron chi connectivity index (χ3n) is 2.60. The molecule has 3 rings (SSSR count). The van der Waals surface area contributed by atoms with E-state index in [9.17, 15) is 0 Å². The first kappa shape index (κ1) is 11.6. The number of hydrogen-bond donors (Lipinski definition) is 2. The monoisotopic (exact) mass is 278 g/mol. The van der Waals surface area contributed by atoms with Crippen LogP contribution in [-0.4, -0.2) is 21.5 Å². The van der Waals surface area contributed by atoms with Gasteiger partial charge < -0.3 is 10.7 Å². The van der Waals surface area contributed by atoms with Crippen LogP contribution >= 0.6 is 22.9 Å². The minimum absolute atomic E-state index is 0.614. The van der Waals surface area contributed by atoms with Crippen molar-refractivity contribution in [2.75, 3.05) is 6.54 Å². The number of nitrogens with one attached hydrogen (secondary N) is 1. The van der Waals surface area contributed by atoms with Crippen LogP contribution in [0.15, 0.2) is 23.6 Å². The van der Waals surface area contributed by atoms with Crippen molar-refractivity contribution in [3.05, 3.63) is 33.6 Å². The fourth-order valence-electron chi connectivity index (χ4n) is 1.76. The number of hydrogen-bond acceptors (Lipinski definition) is 4. The molecule has 0 saturated carbocycles. The molecule has 0 spiro atoms. The molecule has 0 fully saturated rings. The number of rotatable bonds is 3. The van der Waals surface area contributed by atoms with E-state index in [1.54, 1.807) is 11.3 Å². The maximum absolute atomic E-state index is 5.94. The predicted molar refractivity (Wildman–Crippen MR) is 75.0 cm³/mol. The Bertz CT molecular complexity index is 688. The number of halogens is 1. The van der Waals surface area contributed by atoms with Crippen molar-refractivity contribution in [2.24, 2.45) is 5.73 Å². The molecule has 4 nitrogen and oxygen atoms in total. The van der Waals surface area contributed by atoms with E-state index in [0.29, 0.717) is 11.6 Å². The predicted octanol–water partition coefficient (Wildman–Crippen LogP) is 2.84. The molecule has 0 radical (unpaired) electrons. The quantitative estimate of drug-likeness (QED) is 0.774. The van der Waals surface area contributed by atoms with Crippen LogP contribution in [0, 0.1) is 0 Å². The van der Waals surface area contributed by atoms with E-state index in [0.717, 1.165) is 34.0 Å². The number of imidazole rings is 1. The van der Waals surface area contributed by atoms with Gasteiger partial charge in [-0.25, -0.2) is 9.97 Å². The molecule has 0 amide bonds. The van der Waals surface area contributed by atoms with Crippen molar-refractivity contribution >= 4 is 34.0 Å². The highest BCUT2D eigenvalue weighted by molar-refractivity contribution is 7.09. The van der Waals surface area contributed by atoms with Crippen LogP contribution in [0.4, 0.5) is 0 Å². The number of nitrogens with two attached hydrogens (primary N) is 1. The standard InChI is InChI=1S/C12H11ClN4S/c13-7-1-2-8-9(5-7)17-12(16-8)10-6-18-11(15-10)3-4-14/h1-2,5-6H,3-4,14H2,(H,16,17). The molecule has 0 aliphatic rings. The van der Waals surface area contributed by atoms with Gasteiger partial charge in [0.15, 0.2) is 5.82 Å². The maximum atomic E-state index is 5.94. The summed E-state index contributed by atoms with van der Waals surface area (Å²) in [7, 11) is 0. The summed E-state index contributed by atoms with van der Waals surface area (Å²) in [6.07, 6.45) is 0.802. The number of aromatic nitrogens is 3. The average molecular weight is 279 g/mol. The van der Waals surface area contributed by atoms with Gasteiger partial charge in [0, 0.05) is 16.8 Å². The van der Waals surface area contributed by atoms with Crippen LogP contribution < -0.4 is 5.73 Å². The molecule has 92 valence electrons. The Hall–Kier alpha value is -1.43. The highest BCUT2D eigenvalue weighted by Gasteiger charge is 2.09. The number of H-pyrrole nitrogens is 1. The van der Waals surface area contributed by atoms with Crippen LogP contribution in [0.1, 0.15) is 5.01 Å². The lowest BCUT2D eigenvalue weighted by Crippen LogP contribution is -2.02. The molecular formula is C12H11ClN4S. The first-order chi connectivity index (χ1) is 8.76. The molecule has 2 heterocycles. The van der Waals surface area contributed by atoms with E-state index in [2.05, 4.69) is 15.0 Å². The lowest BCUT2D eigenvalue weighted by Gasteiger charge is -1.89. The van der Waals surface area contributed by atoms with Gasteiger partial charge in [-0.1, -0.05) is 11.6 Å². The van der Waals surface area contributed by atoms with Gasteiger partial charge in [0.1, 0.15) is 5.69 Å². The zero-order valence-corrected chi connectivity index (χ0v) is 11.1. The summed E-state index contributed by atoms with van der Waals surface area (Å²) in [6, 6.07) is 5.58. The summed E-state index contributed by atoms with van der Waals surface area (Å²) < 4.78 is 0. The Morgan fingerprint density at radius 3 is 3.06 bits per heavy atom. The summed E-state index contributed by atoms with van der Waals surface area (Å²) in [6.45, 7) is 0.614. The van der Waals surface area contributed by atoms with Crippen LogP contribution in [0.2, 0.25) is 5.02 Å². The maximum Gasteiger partial charge on any atom is 0.158 e. The number of nitrogens with zero attached hydrogens (tertiary/aromatic N) is 2. The van der Waals surface area contributed by atoms with Crippen molar-refractivity contribution in [1.29, 1.82) is 0 Å². The van der Waals surface area contributed by atoms with Crippen molar-refractivity contribution in [1.82, 2.24) is 15.0 Å². The summed E-state index contributed by atoms with van der Waals surface area (Å²) in [5.74, 6) is 0.770. The minimum atomic E-state index is 0.614. The van der Waals surface area contributed by atoms with Gasteiger partial charge in [0.25, 0.3) is 0 Å². The second kappa shape index (κ2) is 4.68. The summed E-state index contributed by atoms with van der Waals surface area (Å²) in [5, 5.41) is 3.72. The van der Waals surface area contributed by atoms with Gasteiger partial charge in [-0.15, -0.1) is 11.3 Å². The van der Waals surface area contributed by atoms with Crippen LogP contribution in [-0.2, 0) is 6.42 Å². The molecule has 0 aliphatic heterocycles. The molecule has 3 N–H and O–H groups in total. The van der Waals surface area contributed by atoms with Crippen LogP contribution in [0.25, 0.3) is 22.6 Å². The minimum Gasteiger partial charge on any atom is -0.337 e. The van der Waals surface area contributed by atoms with E-state index < -0.39 is 0 Å². The van der Waals surface area contributed by atoms with Crippen molar-refractivity contribution < 1.29 is 0 Å².